The van der Waals surface area contributed by atoms with Crippen LogP contribution in [0, 0.1) is 0 Å². The largest absolute Gasteiger partial charge is 0.466 e. The van der Waals surface area contributed by atoms with Crippen molar-refractivity contribution in [1.29, 1.82) is 0 Å². The summed E-state index contributed by atoms with van der Waals surface area (Å²) >= 11 is 0. The molecule has 0 bridgehead atoms. The van der Waals surface area contributed by atoms with E-state index in [4.69, 9.17) is 4.74 Å². The Bertz CT molecular complexity index is 1230. The average molecular weight is 1110 g/mol. The van der Waals surface area contributed by atoms with Gasteiger partial charge < -0.3 is 20.3 Å². The Morgan fingerprint density at radius 2 is 0.595 bits per heavy atom. The highest BCUT2D eigenvalue weighted by Gasteiger charge is 2.20. The number of nitrogens with one attached hydrogen (secondary N) is 1. The minimum atomic E-state index is -0.663. The number of esters is 1. The molecule has 2 atom stereocenters. The second-order valence-corrected chi connectivity index (χ2v) is 24.9. The summed E-state index contributed by atoms with van der Waals surface area (Å²) in [6, 6.07) is -0.541. The molecule has 2 unspecified atom stereocenters. The van der Waals surface area contributed by atoms with E-state index in [-0.39, 0.29) is 18.5 Å². The lowest BCUT2D eigenvalue weighted by molar-refractivity contribution is -0.143. The van der Waals surface area contributed by atoms with Crippen LogP contribution in [0.1, 0.15) is 406 Å². The first-order chi connectivity index (χ1) is 39.0. The van der Waals surface area contributed by atoms with Crippen molar-refractivity contribution in [3.05, 3.63) is 24.3 Å². The summed E-state index contributed by atoms with van der Waals surface area (Å²) in [5.41, 5.74) is 0. The van der Waals surface area contributed by atoms with Crippen LogP contribution in [-0.4, -0.2) is 47.4 Å². The van der Waals surface area contributed by atoms with E-state index >= 15 is 0 Å². The number of carbonyl (C=O) groups excluding carboxylic acids is 2. The monoisotopic (exact) mass is 1110 g/mol. The topological polar surface area (TPSA) is 95.9 Å². The molecule has 0 aliphatic heterocycles. The molecule has 0 aromatic heterocycles. The number of amides is 1. The third kappa shape index (κ3) is 65.4. The molecule has 6 heteroatoms. The lowest BCUT2D eigenvalue weighted by Crippen LogP contribution is -2.45. The number of ether oxygens (including phenoxy) is 1. The van der Waals surface area contributed by atoms with E-state index in [0.717, 1.165) is 44.9 Å². The highest BCUT2D eigenvalue weighted by molar-refractivity contribution is 5.76. The van der Waals surface area contributed by atoms with Crippen LogP contribution in [0.3, 0.4) is 0 Å². The molecular weight excluding hydrogens is 971 g/mol. The van der Waals surface area contributed by atoms with Gasteiger partial charge in [-0.25, -0.2) is 0 Å². The lowest BCUT2D eigenvalue weighted by atomic mass is 10.0. The third-order valence-electron chi connectivity index (χ3n) is 17.0. The standard InChI is InChI=1S/C73H141NO5/c1-3-5-7-9-11-13-15-17-19-20-35-38-41-45-49-53-57-61-65-71(76)70(69-75)74-72(77)66-62-58-54-50-46-42-39-36-33-31-29-27-25-23-21-22-24-26-28-30-32-34-37-40-44-48-52-56-60-64-68-79-73(78)67-63-59-55-51-47-43-18-16-14-12-10-8-6-4-2/h16,18,22,24,70-71,75-76H,3-15,17,19-21,23,25-69H2,1-2H3,(H,74,77)/b18-16-,24-22-. The van der Waals surface area contributed by atoms with Crippen molar-refractivity contribution >= 4 is 11.9 Å². The summed E-state index contributed by atoms with van der Waals surface area (Å²) < 4.78 is 5.49. The number of aliphatic hydroxyl groups is 2. The van der Waals surface area contributed by atoms with Crippen molar-refractivity contribution in [3.63, 3.8) is 0 Å². The minimum Gasteiger partial charge on any atom is -0.466 e. The van der Waals surface area contributed by atoms with Gasteiger partial charge in [0.25, 0.3) is 0 Å². The summed E-state index contributed by atoms with van der Waals surface area (Å²) in [4.78, 5) is 24.6. The smallest absolute Gasteiger partial charge is 0.305 e. The molecule has 0 aliphatic carbocycles. The highest BCUT2D eigenvalue weighted by atomic mass is 16.5. The summed E-state index contributed by atoms with van der Waals surface area (Å²) in [7, 11) is 0. The summed E-state index contributed by atoms with van der Waals surface area (Å²) in [5.74, 6) is -0.0203. The van der Waals surface area contributed by atoms with Crippen LogP contribution >= 0.6 is 0 Å². The van der Waals surface area contributed by atoms with E-state index in [2.05, 4.69) is 43.5 Å². The Balaban J connectivity index is 3.36. The molecule has 0 radical (unpaired) electrons. The van der Waals surface area contributed by atoms with Crippen molar-refractivity contribution in [2.45, 2.75) is 418 Å². The van der Waals surface area contributed by atoms with Crippen LogP contribution in [0.15, 0.2) is 24.3 Å². The highest BCUT2D eigenvalue weighted by Crippen LogP contribution is 2.19. The van der Waals surface area contributed by atoms with Gasteiger partial charge in [-0.2, -0.15) is 0 Å². The van der Waals surface area contributed by atoms with Gasteiger partial charge in [0.05, 0.1) is 25.4 Å². The number of aliphatic hydroxyl groups excluding tert-OH is 2. The van der Waals surface area contributed by atoms with Crippen LogP contribution in [0.2, 0.25) is 0 Å². The number of unbranched alkanes of at least 4 members (excludes halogenated alkanes) is 53. The van der Waals surface area contributed by atoms with Gasteiger partial charge in [0, 0.05) is 12.8 Å². The Morgan fingerprint density at radius 1 is 0.342 bits per heavy atom. The molecule has 468 valence electrons. The van der Waals surface area contributed by atoms with Gasteiger partial charge in [0.2, 0.25) is 5.91 Å². The molecule has 6 nitrogen and oxygen atoms in total. The van der Waals surface area contributed by atoms with Crippen LogP contribution in [-0.2, 0) is 14.3 Å². The van der Waals surface area contributed by atoms with Crippen LogP contribution < -0.4 is 5.32 Å². The number of carbonyl (C=O) groups is 2. The van der Waals surface area contributed by atoms with Gasteiger partial charge in [-0.1, -0.05) is 340 Å². The zero-order valence-corrected chi connectivity index (χ0v) is 53.6. The Labute approximate surface area is 494 Å². The molecule has 0 heterocycles. The first-order valence-electron chi connectivity index (χ1n) is 36.1. The third-order valence-corrected chi connectivity index (χ3v) is 17.0. The summed E-state index contributed by atoms with van der Waals surface area (Å²) in [6.45, 7) is 4.98. The molecule has 3 N–H and O–H groups in total. The maximum Gasteiger partial charge on any atom is 0.305 e. The van der Waals surface area contributed by atoms with Gasteiger partial charge in [0.15, 0.2) is 0 Å². The number of rotatable bonds is 68. The molecular formula is C73H141NO5. The maximum absolute atomic E-state index is 12.5. The molecule has 0 fully saturated rings. The first-order valence-corrected chi connectivity index (χ1v) is 36.1. The molecule has 0 aromatic carbocycles. The molecule has 0 saturated heterocycles. The van der Waals surface area contributed by atoms with E-state index in [0.29, 0.717) is 25.9 Å². The van der Waals surface area contributed by atoms with Crippen molar-refractivity contribution in [2.24, 2.45) is 0 Å². The van der Waals surface area contributed by atoms with Crippen molar-refractivity contribution < 1.29 is 24.5 Å². The fourth-order valence-corrected chi connectivity index (χ4v) is 11.5. The second kappa shape index (κ2) is 68.8. The Morgan fingerprint density at radius 3 is 0.899 bits per heavy atom. The number of hydrogen-bond donors (Lipinski definition) is 3. The van der Waals surface area contributed by atoms with Crippen molar-refractivity contribution in [2.75, 3.05) is 13.2 Å². The first kappa shape index (κ1) is 77.3. The maximum atomic E-state index is 12.5. The lowest BCUT2D eigenvalue weighted by Gasteiger charge is -2.22. The summed E-state index contributed by atoms with van der Waals surface area (Å²) in [6.07, 6.45) is 86.6. The van der Waals surface area contributed by atoms with Crippen LogP contribution in [0.5, 0.6) is 0 Å². The number of hydrogen-bond acceptors (Lipinski definition) is 5. The van der Waals surface area contributed by atoms with Crippen molar-refractivity contribution in [3.8, 4) is 0 Å². The molecule has 0 aliphatic rings. The summed E-state index contributed by atoms with van der Waals surface area (Å²) in [5, 5.41) is 23.4. The zero-order valence-electron chi connectivity index (χ0n) is 53.6. The van der Waals surface area contributed by atoms with Crippen LogP contribution in [0.4, 0.5) is 0 Å². The van der Waals surface area contributed by atoms with E-state index in [1.807, 2.05) is 0 Å². The fraction of sp³-hybridized carbons (Fsp3) is 0.918. The molecule has 79 heavy (non-hydrogen) atoms. The second-order valence-electron chi connectivity index (χ2n) is 24.9. The Hall–Kier alpha value is -1.66. The van der Waals surface area contributed by atoms with Gasteiger partial charge in [-0.15, -0.1) is 0 Å². The Kier molecular flexibility index (Phi) is 67.4. The van der Waals surface area contributed by atoms with E-state index in [9.17, 15) is 19.8 Å². The molecule has 1 amide bonds. The zero-order chi connectivity index (χ0) is 57.1. The fourth-order valence-electron chi connectivity index (χ4n) is 11.5. The van der Waals surface area contributed by atoms with E-state index in [1.54, 1.807) is 0 Å². The molecule has 0 aromatic rings. The van der Waals surface area contributed by atoms with Gasteiger partial charge in [0.1, 0.15) is 0 Å². The molecule has 0 rings (SSSR count). The molecule has 0 spiro atoms. The van der Waals surface area contributed by atoms with Gasteiger partial charge in [-0.3, -0.25) is 9.59 Å². The predicted octanol–water partition coefficient (Wildman–Crippen LogP) is 23.3. The van der Waals surface area contributed by atoms with Crippen LogP contribution in [0.25, 0.3) is 0 Å². The van der Waals surface area contributed by atoms with Gasteiger partial charge >= 0.3 is 5.97 Å². The normalized spacial score (nSPS) is 12.6. The SMILES string of the molecule is CCCCCCC/C=C\CCCCCCCC(=O)OCCCCCCCCCCCCCC/C=C\CCCCCCCCCCCCCCCCC(=O)NC(CO)C(O)CCCCCCCCCCCCCCCCCCCC. The quantitative estimate of drug-likeness (QED) is 0.0320. The number of allylic oxidation sites excluding steroid dienone is 4. The van der Waals surface area contributed by atoms with E-state index in [1.165, 1.54) is 327 Å². The predicted molar refractivity (Wildman–Crippen MR) is 347 cm³/mol. The minimum absolute atomic E-state index is 0.00925. The van der Waals surface area contributed by atoms with E-state index < -0.39 is 12.1 Å². The molecule has 0 saturated carbocycles. The van der Waals surface area contributed by atoms with Crippen molar-refractivity contribution in [1.82, 2.24) is 5.32 Å². The van der Waals surface area contributed by atoms with Gasteiger partial charge in [-0.05, 0) is 77.0 Å². The average Bonchev–Trinajstić information content (AvgIpc) is 3.45.